The van der Waals surface area contributed by atoms with Gasteiger partial charge in [-0.3, -0.25) is 0 Å². The molecule has 0 amide bonds. The van der Waals surface area contributed by atoms with E-state index in [0.29, 0.717) is 11.1 Å². The second kappa shape index (κ2) is 10.6. The molecule has 0 atom stereocenters. The van der Waals surface area contributed by atoms with Gasteiger partial charge in [0.25, 0.3) is 0 Å². The van der Waals surface area contributed by atoms with E-state index in [9.17, 15) is 16.8 Å². The second-order valence-electron chi connectivity index (χ2n) is 8.86. The Morgan fingerprint density at radius 2 is 0.969 bits per heavy atom. The van der Waals surface area contributed by atoms with Crippen LogP contribution in [0.15, 0.2) is 40.7 Å². The van der Waals surface area contributed by atoms with Crippen LogP contribution in [0.5, 0.6) is 0 Å². The van der Waals surface area contributed by atoms with Gasteiger partial charge in [0.1, 0.15) is 7.63 Å². The quantitative estimate of drug-likeness (QED) is 0.308. The summed E-state index contributed by atoms with van der Waals surface area (Å²) in [5.74, 6) is 0. The van der Waals surface area contributed by atoms with Crippen LogP contribution in [-0.4, -0.2) is 29.9 Å². The first-order valence-electron chi connectivity index (χ1n) is 11.5. The fourth-order valence-electron chi connectivity index (χ4n) is 5.10. The van der Waals surface area contributed by atoms with E-state index in [1.165, 1.54) is 0 Å². The Hall–Kier alpha value is -0.260. The van der Waals surface area contributed by atoms with E-state index in [0.717, 1.165) is 83.7 Å². The van der Waals surface area contributed by atoms with Crippen LogP contribution >= 0.6 is 31.9 Å². The Kier molecular flexibility index (Phi) is 8.69. The lowest BCUT2D eigenvalue weighted by atomic mass is 9.69. The molecule has 2 heterocycles. The molecule has 0 unspecified atom stereocenters. The van der Waals surface area contributed by atoms with E-state index < -0.39 is 25.1 Å². The van der Waals surface area contributed by atoms with Crippen molar-refractivity contribution in [2.24, 2.45) is 5.41 Å². The van der Waals surface area contributed by atoms with Crippen LogP contribution < -0.4 is 11.5 Å². The molecule has 3 rings (SSSR count). The highest BCUT2D eigenvalue weighted by Gasteiger charge is 2.57. The normalized spacial score (nSPS) is 22.2. The molecule has 2 aliphatic heterocycles. The molecule has 10 heteroatoms. The minimum Gasteiger partial charge on any atom is -0.358 e. The standard InChI is InChI=1S/C22H32Br2N2O4S2/c23-18-14-16-20(31(18,27)28)21-17(15-19(24)32(21,29)30)22(16,11-7-3-5-9-13-26)10-6-2-1-4-8-12-25/h14-15H,1-13,25-26H2/p+2. The molecule has 0 saturated carbocycles. The first-order valence-corrected chi connectivity index (χ1v) is 16.0. The monoisotopic (exact) mass is 612 g/mol. The smallest absolute Gasteiger partial charge is 0.214 e. The summed E-state index contributed by atoms with van der Waals surface area (Å²) in [6.45, 7) is 1.85. The van der Waals surface area contributed by atoms with E-state index in [4.69, 9.17) is 0 Å². The fraction of sp³-hybridized carbons (Fsp3) is 0.636. The number of hydrogen-bond donors (Lipinski definition) is 2. The zero-order valence-corrected chi connectivity index (χ0v) is 23.3. The van der Waals surface area contributed by atoms with Gasteiger partial charge in [-0.2, -0.15) is 0 Å². The van der Waals surface area contributed by atoms with E-state index >= 15 is 0 Å². The summed E-state index contributed by atoms with van der Waals surface area (Å²) in [6, 6.07) is 0. The maximum absolute atomic E-state index is 13.1. The lowest BCUT2D eigenvalue weighted by Gasteiger charge is -2.33. The minimum atomic E-state index is -3.85. The molecule has 0 saturated heterocycles. The van der Waals surface area contributed by atoms with Gasteiger partial charge in [-0.15, -0.1) is 0 Å². The Morgan fingerprint density at radius 3 is 1.34 bits per heavy atom. The number of hydrogen-bond acceptors (Lipinski definition) is 4. The lowest BCUT2D eigenvalue weighted by Crippen LogP contribution is -2.50. The second-order valence-corrected chi connectivity index (χ2v) is 15.3. The van der Waals surface area contributed by atoms with Crippen molar-refractivity contribution in [1.29, 1.82) is 0 Å². The van der Waals surface area contributed by atoms with Crippen LogP contribution in [0.25, 0.3) is 0 Å². The summed E-state index contributed by atoms with van der Waals surface area (Å²) >= 11 is 6.40. The molecule has 6 N–H and O–H groups in total. The Labute approximate surface area is 208 Å². The Bertz CT molecular complexity index is 1020. The van der Waals surface area contributed by atoms with Crippen molar-refractivity contribution in [2.45, 2.75) is 70.6 Å². The third kappa shape index (κ3) is 4.64. The summed E-state index contributed by atoms with van der Waals surface area (Å²) in [5, 5.41) is 0. The maximum Gasteiger partial charge on any atom is 0.214 e. The SMILES string of the molecule is [NH3+]CCCCCCCC1(CCCCCC[NH3+])C2=C(C3=C1C=C(Br)S3(=O)=O)S(=O)(=O)C(Br)=C2. The molecule has 0 radical (unpaired) electrons. The van der Waals surface area contributed by atoms with Crippen molar-refractivity contribution in [3.8, 4) is 0 Å². The van der Waals surface area contributed by atoms with Gasteiger partial charge in [-0.1, -0.05) is 32.1 Å². The summed E-state index contributed by atoms with van der Waals surface area (Å²) < 4.78 is 52.7. The maximum atomic E-state index is 13.1. The summed E-state index contributed by atoms with van der Waals surface area (Å²) in [7, 11) is -7.71. The molecular weight excluding hydrogens is 580 g/mol. The number of halogens is 2. The average molecular weight is 614 g/mol. The number of unbranched alkanes of at least 4 members (excludes halogenated alkanes) is 7. The number of sulfone groups is 2. The number of allylic oxidation sites excluding steroid dienone is 4. The predicted molar refractivity (Wildman–Crippen MR) is 135 cm³/mol. The molecule has 3 aliphatic rings. The minimum absolute atomic E-state index is 0.000101. The predicted octanol–water partition coefficient (Wildman–Crippen LogP) is 3.60. The molecule has 0 bridgehead atoms. The van der Waals surface area contributed by atoms with Gasteiger partial charge in [0.2, 0.25) is 19.7 Å². The van der Waals surface area contributed by atoms with Crippen molar-refractivity contribution in [3.63, 3.8) is 0 Å². The third-order valence-corrected chi connectivity index (χ3v) is 13.1. The van der Waals surface area contributed by atoms with E-state index in [1.807, 2.05) is 0 Å². The fourth-order valence-corrected chi connectivity index (χ4v) is 9.92. The van der Waals surface area contributed by atoms with E-state index in [1.54, 1.807) is 12.2 Å². The molecule has 0 aromatic carbocycles. The van der Waals surface area contributed by atoms with Gasteiger partial charge >= 0.3 is 0 Å². The highest BCUT2D eigenvalue weighted by molar-refractivity contribution is 9.14. The number of fused-ring (bicyclic) bond motifs is 1. The molecule has 6 nitrogen and oxygen atoms in total. The van der Waals surface area contributed by atoms with Crippen LogP contribution in [-0.2, 0) is 19.7 Å². The summed E-state index contributed by atoms with van der Waals surface area (Å²) in [6.07, 6.45) is 14.3. The van der Waals surface area contributed by atoms with Crippen molar-refractivity contribution in [3.05, 3.63) is 40.7 Å². The molecule has 0 aromatic heterocycles. The summed E-state index contributed by atoms with van der Waals surface area (Å²) in [4.78, 5) is -0.000203. The van der Waals surface area contributed by atoms with Gasteiger partial charge in [0.05, 0.1) is 22.9 Å². The van der Waals surface area contributed by atoms with Gasteiger partial charge in [-0.25, -0.2) is 16.8 Å². The van der Waals surface area contributed by atoms with Crippen molar-refractivity contribution in [1.82, 2.24) is 0 Å². The van der Waals surface area contributed by atoms with Crippen LogP contribution in [0.1, 0.15) is 70.6 Å². The highest BCUT2D eigenvalue weighted by Crippen LogP contribution is 2.63. The molecule has 0 spiro atoms. The van der Waals surface area contributed by atoms with E-state index in [2.05, 4.69) is 43.3 Å². The van der Waals surface area contributed by atoms with Gasteiger partial charge in [-0.05, 0) is 93.7 Å². The lowest BCUT2D eigenvalue weighted by molar-refractivity contribution is -0.368. The number of rotatable bonds is 13. The molecular formula is C22H34Br2N2O4S2+2. The van der Waals surface area contributed by atoms with Crippen molar-refractivity contribution >= 4 is 51.5 Å². The zero-order chi connectivity index (χ0) is 23.6. The average Bonchev–Trinajstić information content (AvgIpc) is 3.23. The number of quaternary nitrogens is 2. The van der Waals surface area contributed by atoms with Gasteiger partial charge in [0, 0.05) is 5.41 Å². The molecule has 32 heavy (non-hydrogen) atoms. The highest BCUT2D eigenvalue weighted by atomic mass is 79.9. The largest absolute Gasteiger partial charge is 0.358 e. The van der Waals surface area contributed by atoms with Crippen molar-refractivity contribution < 1.29 is 28.3 Å². The Balaban J connectivity index is 1.99. The first-order chi connectivity index (χ1) is 15.1. The molecule has 0 aromatic rings. The molecule has 0 fully saturated rings. The molecule has 1 aliphatic carbocycles. The zero-order valence-electron chi connectivity index (χ0n) is 18.5. The van der Waals surface area contributed by atoms with Crippen LogP contribution in [0.2, 0.25) is 0 Å². The molecule has 180 valence electrons. The summed E-state index contributed by atoms with van der Waals surface area (Å²) in [5.41, 5.74) is 8.56. The Morgan fingerprint density at radius 1 is 0.625 bits per heavy atom. The van der Waals surface area contributed by atoms with Crippen molar-refractivity contribution in [2.75, 3.05) is 13.1 Å². The van der Waals surface area contributed by atoms with Crippen LogP contribution in [0, 0.1) is 5.41 Å². The van der Waals surface area contributed by atoms with Crippen LogP contribution in [0.3, 0.4) is 0 Å². The topological polar surface area (TPSA) is 124 Å². The van der Waals surface area contributed by atoms with Gasteiger partial charge in [0.15, 0.2) is 0 Å². The third-order valence-electron chi connectivity index (χ3n) is 6.75. The first kappa shape index (κ1) is 26.3. The van der Waals surface area contributed by atoms with Gasteiger partial charge < -0.3 is 11.5 Å². The van der Waals surface area contributed by atoms with E-state index in [-0.39, 0.29) is 17.4 Å². The van der Waals surface area contributed by atoms with Crippen LogP contribution in [0.4, 0.5) is 0 Å².